The van der Waals surface area contributed by atoms with E-state index in [1.807, 2.05) is 0 Å². The lowest BCUT2D eigenvalue weighted by atomic mass is 10.1. The molecule has 1 aliphatic carbocycles. The number of alkyl halides is 2. The highest BCUT2D eigenvalue weighted by atomic mass is 19.3. The van der Waals surface area contributed by atoms with E-state index in [9.17, 15) is 8.78 Å². The first-order valence-electron chi connectivity index (χ1n) is 6.00. The van der Waals surface area contributed by atoms with Crippen molar-refractivity contribution in [3.8, 4) is 5.75 Å². The number of benzene rings is 1. The molecule has 1 atom stereocenters. The van der Waals surface area contributed by atoms with Gasteiger partial charge < -0.3 is 10.1 Å². The second-order valence-electron chi connectivity index (χ2n) is 4.40. The summed E-state index contributed by atoms with van der Waals surface area (Å²) in [5.41, 5.74) is 0.963. The molecule has 94 valence electrons. The molecule has 1 fully saturated rings. The van der Waals surface area contributed by atoms with E-state index in [4.69, 9.17) is 0 Å². The maximum absolute atomic E-state index is 12.0. The molecule has 1 aromatic rings. The standard InChI is InChI=1S/C13H17F2NO/c1-2-12(9-3-4-9)16-10-5-7-11(8-6-10)17-13(14)15/h5-9,12-13,16H,2-4H2,1H3. The molecular formula is C13H17F2NO. The quantitative estimate of drug-likeness (QED) is 0.815. The van der Waals surface area contributed by atoms with Gasteiger partial charge in [0.2, 0.25) is 0 Å². The maximum atomic E-state index is 12.0. The average molecular weight is 241 g/mol. The van der Waals surface area contributed by atoms with Crippen LogP contribution in [0.25, 0.3) is 0 Å². The second-order valence-corrected chi connectivity index (χ2v) is 4.40. The Morgan fingerprint density at radius 3 is 2.41 bits per heavy atom. The molecule has 17 heavy (non-hydrogen) atoms. The lowest BCUT2D eigenvalue weighted by molar-refractivity contribution is -0.0498. The fourth-order valence-electron chi connectivity index (χ4n) is 2.00. The van der Waals surface area contributed by atoms with Gasteiger partial charge in [-0.15, -0.1) is 0 Å². The highest BCUT2D eigenvalue weighted by Crippen LogP contribution is 2.35. The zero-order valence-corrected chi connectivity index (χ0v) is 9.83. The van der Waals surface area contributed by atoms with Crippen molar-refractivity contribution in [2.45, 2.75) is 38.8 Å². The monoisotopic (exact) mass is 241 g/mol. The Morgan fingerprint density at radius 1 is 1.29 bits per heavy atom. The molecule has 0 bridgehead atoms. The van der Waals surface area contributed by atoms with E-state index in [2.05, 4.69) is 17.0 Å². The van der Waals surface area contributed by atoms with Crippen LogP contribution in [0.1, 0.15) is 26.2 Å². The first-order chi connectivity index (χ1) is 8.19. The Balaban J connectivity index is 1.92. The van der Waals surface area contributed by atoms with E-state index >= 15 is 0 Å². The first-order valence-corrected chi connectivity index (χ1v) is 6.00. The predicted octanol–water partition coefficient (Wildman–Crippen LogP) is 3.89. The zero-order valence-electron chi connectivity index (χ0n) is 9.83. The molecule has 0 radical (unpaired) electrons. The Labute approximate surface area is 100.0 Å². The van der Waals surface area contributed by atoms with Crippen molar-refractivity contribution >= 4 is 5.69 Å². The Bertz CT molecular complexity index is 349. The third-order valence-corrected chi connectivity index (χ3v) is 3.06. The SMILES string of the molecule is CCC(Nc1ccc(OC(F)F)cc1)C1CC1. The minimum absolute atomic E-state index is 0.199. The van der Waals surface area contributed by atoms with Crippen molar-refractivity contribution in [1.29, 1.82) is 0 Å². The van der Waals surface area contributed by atoms with Gasteiger partial charge in [-0.1, -0.05) is 6.92 Å². The summed E-state index contributed by atoms with van der Waals surface area (Å²) in [6.45, 7) is -0.603. The summed E-state index contributed by atoms with van der Waals surface area (Å²) in [5, 5.41) is 3.43. The van der Waals surface area contributed by atoms with Gasteiger partial charge in [-0.3, -0.25) is 0 Å². The van der Waals surface area contributed by atoms with E-state index in [1.165, 1.54) is 12.8 Å². The highest BCUT2D eigenvalue weighted by Gasteiger charge is 2.29. The topological polar surface area (TPSA) is 21.3 Å². The summed E-state index contributed by atoms with van der Waals surface area (Å²) in [5.74, 6) is 0.974. The molecule has 2 nitrogen and oxygen atoms in total. The van der Waals surface area contributed by atoms with E-state index in [0.29, 0.717) is 6.04 Å². The van der Waals surface area contributed by atoms with Crippen LogP contribution < -0.4 is 10.1 Å². The highest BCUT2D eigenvalue weighted by molar-refractivity contribution is 5.47. The molecule has 2 rings (SSSR count). The molecule has 1 N–H and O–H groups in total. The molecule has 1 aromatic carbocycles. The lowest BCUT2D eigenvalue weighted by Crippen LogP contribution is -2.20. The van der Waals surface area contributed by atoms with Crippen LogP contribution in [0.15, 0.2) is 24.3 Å². The number of rotatable bonds is 6. The number of hydrogen-bond acceptors (Lipinski definition) is 2. The summed E-state index contributed by atoms with van der Waals surface area (Å²) < 4.78 is 28.2. The molecule has 0 saturated heterocycles. The van der Waals surface area contributed by atoms with Gasteiger partial charge in [0.1, 0.15) is 5.75 Å². The molecule has 4 heteroatoms. The maximum Gasteiger partial charge on any atom is 0.387 e. The van der Waals surface area contributed by atoms with Gasteiger partial charge >= 0.3 is 6.61 Å². The van der Waals surface area contributed by atoms with Crippen LogP contribution >= 0.6 is 0 Å². The lowest BCUT2D eigenvalue weighted by Gasteiger charge is -2.17. The third kappa shape index (κ3) is 3.58. The van der Waals surface area contributed by atoms with E-state index < -0.39 is 6.61 Å². The van der Waals surface area contributed by atoms with Crippen molar-refractivity contribution in [3.05, 3.63) is 24.3 Å². The molecule has 0 aromatic heterocycles. The second kappa shape index (κ2) is 5.34. The molecule has 1 unspecified atom stereocenters. The van der Waals surface area contributed by atoms with Crippen LogP contribution in [-0.2, 0) is 0 Å². The normalized spacial score (nSPS) is 16.9. The van der Waals surface area contributed by atoms with Gasteiger partial charge in [-0.25, -0.2) is 0 Å². The summed E-state index contributed by atoms with van der Waals surface area (Å²) in [6, 6.07) is 7.19. The summed E-state index contributed by atoms with van der Waals surface area (Å²) in [6.07, 6.45) is 3.66. The molecule has 0 heterocycles. The van der Waals surface area contributed by atoms with Crippen LogP contribution in [0.3, 0.4) is 0 Å². The molecular weight excluding hydrogens is 224 g/mol. The Hall–Kier alpha value is -1.32. The van der Waals surface area contributed by atoms with Crippen LogP contribution in [0, 0.1) is 5.92 Å². The number of hydrogen-bond donors (Lipinski definition) is 1. The van der Waals surface area contributed by atoms with Crippen molar-refractivity contribution in [2.75, 3.05) is 5.32 Å². The number of nitrogens with one attached hydrogen (secondary N) is 1. The predicted molar refractivity (Wildman–Crippen MR) is 63.5 cm³/mol. The molecule has 1 saturated carbocycles. The minimum Gasteiger partial charge on any atom is -0.435 e. The van der Waals surface area contributed by atoms with Crippen LogP contribution in [0.2, 0.25) is 0 Å². The molecule has 0 spiro atoms. The van der Waals surface area contributed by atoms with Gasteiger partial charge in [0.05, 0.1) is 0 Å². The van der Waals surface area contributed by atoms with Gasteiger partial charge in [-0.05, 0) is 49.4 Å². The first kappa shape index (κ1) is 12.1. The average Bonchev–Trinajstić information content (AvgIpc) is 3.11. The zero-order chi connectivity index (χ0) is 12.3. The van der Waals surface area contributed by atoms with Crippen LogP contribution in [-0.4, -0.2) is 12.7 Å². The van der Waals surface area contributed by atoms with Gasteiger partial charge in [0, 0.05) is 11.7 Å². The number of anilines is 1. The van der Waals surface area contributed by atoms with Gasteiger partial charge in [0.15, 0.2) is 0 Å². The van der Waals surface area contributed by atoms with Crippen molar-refractivity contribution in [3.63, 3.8) is 0 Å². The van der Waals surface area contributed by atoms with Gasteiger partial charge in [0.25, 0.3) is 0 Å². The summed E-state index contributed by atoms with van der Waals surface area (Å²) in [7, 11) is 0. The Morgan fingerprint density at radius 2 is 1.94 bits per heavy atom. The van der Waals surface area contributed by atoms with Gasteiger partial charge in [-0.2, -0.15) is 8.78 Å². The van der Waals surface area contributed by atoms with Crippen molar-refractivity contribution < 1.29 is 13.5 Å². The van der Waals surface area contributed by atoms with E-state index in [0.717, 1.165) is 18.0 Å². The van der Waals surface area contributed by atoms with Crippen molar-refractivity contribution in [1.82, 2.24) is 0 Å². The summed E-state index contributed by atoms with van der Waals surface area (Å²) in [4.78, 5) is 0. The Kier molecular flexibility index (Phi) is 3.82. The minimum atomic E-state index is -2.76. The fourth-order valence-corrected chi connectivity index (χ4v) is 2.00. The third-order valence-electron chi connectivity index (χ3n) is 3.06. The largest absolute Gasteiger partial charge is 0.435 e. The molecule has 1 aliphatic rings. The van der Waals surface area contributed by atoms with Crippen LogP contribution in [0.5, 0.6) is 5.75 Å². The van der Waals surface area contributed by atoms with E-state index in [-0.39, 0.29) is 5.75 Å². The number of ether oxygens (including phenoxy) is 1. The molecule has 0 amide bonds. The molecule has 0 aliphatic heterocycles. The summed E-state index contributed by atoms with van der Waals surface area (Å²) >= 11 is 0. The van der Waals surface area contributed by atoms with E-state index in [1.54, 1.807) is 24.3 Å². The smallest absolute Gasteiger partial charge is 0.387 e. The van der Waals surface area contributed by atoms with Crippen molar-refractivity contribution in [2.24, 2.45) is 5.92 Å². The number of halogens is 2. The fraction of sp³-hybridized carbons (Fsp3) is 0.538. The van der Waals surface area contributed by atoms with Crippen LogP contribution in [0.4, 0.5) is 14.5 Å².